The molecule has 2 aromatic carbocycles. The van der Waals surface area contributed by atoms with Crippen molar-refractivity contribution in [2.24, 2.45) is 0 Å². The van der Waals surface area contributed by atoms with Crippen LogP contribution in [0.3, 0.4) is 0 Å². The standard InChI is InChI=1S/C19H17BrN2O4/c20-13-4-3-5-14(12-13)25-11-9-22-17(23)19(21-18(22)24)8-10-26-16-7-2-1-6-15(16)19/h1-7,12H,8-11H2,(H,21,24)/t19-/m1/s1. The largest absolute Gasteiger partial charge is 0.493 e. The van der Waals surface area contributed by atoms with Crippen LogP contribution in [-0.2, 0) is 10.3 Å². The maximum absolute atomic E-state index is 13.1. The first-order valence-electron chi connectivity index (χ1n) is 8.35. The van der Waals surface area contributed by atoms with E-state index in [-0.39, 0.29) is 19.1 Å². The van der Waals surface area contributed by atoms with Gasteiger partial charge in [0.1, 0.15) is 18.1 Å². The smallest absolute Gasteiger partial charge is 0.325 e. The van der Waals surface area contributed by atoms with Gasteiger partial charge in [0.25, 0.3) is 5.91 Å². The van der Waals surface area contributed by atoms with Crippen LogP contribution in [0, 0.1) is 0 Å². The predicted molar refractivity (Wildman–Crippen MR) is 98.1 cm³/mol. The Balaban J connectivity index is 1.50. The molecule has 0 unspecified atom stereocenters. The van der Waals surface area contributed by atoms with Gasteiger partial charge in [0.2, 0.25) is 0 Å². The number of nitrogens with zero attached hydrogens (tertiary/aromatic N) is 1. The van der Waals surface area contributed by atoms with Gasteiger partial charge in [-0.3, -0.25) is 9.69 Å². The summed E-state index contributed by atoms with van der Waals surface area (Å²) in [5.74, 6) is 1.06. The Morgan fingerprint density at radius 3 is 2.88 bits per heavy atom. The number of nitrogens with one attached hydrogen (secondary N) is 1. The second kappa shape index (κ2) is 6.64. The Morgan fingerprint density at radius 2 is 2.04 bits per heavy atom. The summed E-state index contributed by atoms with van der Waals surface area (Å²) in [5, 5.41) is 2.88. The molecule has 1 atom stereocenters. The number of carbonyl (C=O) groups excluding carboxylic acids is 2. The van der Waals surface area contributed by atoms with Crippen molar-refractivity contribution in [3.05, 3.63) is 58.6 Å². The molecule has 134 valence electrons. The number of amides is 3. The Morgan fingerprint density at radius 1 is 1.19 bits per heavy atom. The van der Waals surface area contributed by atoms with Crippen LogP contribution in [-0.4, -0.2) is 36.6 Å². The first kappa shape index (κ1) is 16.9. The van der Waals surface area contributed by atoms with Gasteiger partial charge < -0.3 is 14.8 Å². The van der Waals surface area contributed by atoms with E-state index in [9.17, 15) is 9.59 Å². The third-order valence-electron chi connectivity index (χ3n) is 4.64. The molecule has 0 radical (unpaired) electrons. The number of hydrogen-bond donors (Lipinski definition) is 1. The average molecular weight is 417 g/mol. The number of halogens is 1. The van der Waals surface area contributed by atoms with E-state index in [2.05, 4.69) is 21.2 Å². The van der Waals surface area contributed by atoms with E-state index in [1.54, 1.807) is 0 Å². The maximum atomic E-state index is 13.1. The number of benzene rings is 2. The molecule has 0 bridgehead atoms. The van der Waals surface area contributed by atoms with Crippen molar-refractivity contribution in [1.29, 1.82) is 0 Å². The van der Waals surface area contributed by atoms with Gasteiger partial charge >= 0.3 is 6.03 Å². The summed E-state index contributed by atoms with van der Waals surface area (Å²) >= 11 is 3.38. The molecule has 2 aliphatic rings. The lowest BCUT2D eigenvalue weighted by atomic mass is 9.84. The van der Waals surface area contributed by atoms with Crippen LogP contribution in [0.15, 0.2) is 53.0 Å². The lowest BCUT2D eigenvalue weighted by Gasteiger charge is -2.33. The third-order valence-corrected chi connectivity index (χ3v) is 5.13. The van der Waals surface area contributed by atoms with E-state index >= 15 is 0 Å². The molecule has 3 amide bonds. The van der Waals surface area contributed by atoms with E-state index < -0.39 is 11.6 Å². The number of carbonyl (C=O) groups is 2. The summed E-state index contributed by atoms with van der Waals surface area (Å²) in [6, 6.07) is 14.4. The van der Waals surface area contributed by atoms with Crippen LogP contribution in [0.25, 0.3) is 0 Å². The Bertz CT molecular complexity index is 872. The van der Waals surface area contributed by atoms with Gasteiger partial charge in [0, 0.05) is 16.5 Å². The van der Waals surface area contributed by atoms with Crippen molar-refractivity contribution in [2.45, 2.75) is 12.0 Å². The van der Waals surface area contributed by atoms with Crippen LogP contribution < -0.4 is 14.8 Å². The number of imide groups is 1. The van der Waals surface area contributed by atoms with Crippen molar-refractivity contribution < 1.29 is 19.1 Å². The SMILES string of the molecule is O=C1N[C@@]2(CCOc3ccccc32)C(=O)N1CCOc1cccc(Br)c1. The fraction of sp³-hybridized carbons (Fsp3) is 0.263. The molecule has 2 aliphatic heterocycles. The number of rotatable bonds is 4. The molecular weight excluding hydrogens is 400 g/mol. The highest BCUT2D eigenvalue weighted by Crippen LogP contribution is 2.40. The van der Waals surface area contributed by atoms with Gasteiger partial charge in [-0.15, -0.1) is 0 Å². The van der Waals surface area contributed by atoms with E-state index in [1.807, 2.05) is 48.5 Å². The van der Waals surface area contributed by atoms with Gasteiger partial charge in [-0.2, -0.15) is 0 Å². The highest BCUT2D eigenvalue weighted by molar-refractivity contribution is 9.10. The van der Waals surface area contributed by atoms with Crippen LogP contribution in [0.5, 0.6) is 11.5 Å². The van der Waals surface area contributed by atoms with Gasteiger partial charge in [0.05, 0.1) is 13.2 Å². The molecule has 4 rings (SSSR count). The summed E-state index contributed by atoms with van der Waals surface area (Å²) in [5.41, 5.74) is -0.332. The van der Waals surface area contributed by atoms with Gasteiger partial charge in [-0.05, 0) is 24.3 Å². The number of urea groups is 1. The Hall–Kier alpha value is -2.54. The molecule has 7 heteroatoms. The van der Waals surface area contributed by atoms with E-state index in [4.69, 9.17) is 9.47 Å². The summed E-state index contributed by atoms with van der Waals surface area (Å²) in [6.07, 6.45) is 0.414. The van der Waals surface area contributed by atoms with Crippen LogP contribution in [0.1, 0.15) is 12.0 Å². The molecule has 0 aromatic heterocycles. The molecule has 1 spiro atoms. The highest BCUT2D eigenvalue weighted by Gasteiger charge is 2.54. The minimum absolute atomic E-state index is 0.182. The second-order valence-electron chi connectivity index (χ2n) is 6.19. The van der Waals surface area contributed by atoms with Crippen molar-refractivity contribution in [2.75, 3.05) is 19.8 Å². The summed E-state index contributed by atoms with van der Waals surface area (Å²) in [7, 11) is 0. The highest BCUT2D eigenvalue weighted by atomic mass is 79.9. The predicted octanol–water partition coefficient (Wildman–Crippen LogP) is 3.06. The van der Waals surface area contributed by atoms with Gasteiger partial charge in [-0.1, -0.05) is 40.2 Å². The second-order valence-corrected chi connectivity index (χ2v) is 7.11. The lowest BCUT2D eigenvalue weighted by Crippen LogP contribution is -2.47. The monoisotopic (exact) mass is 416 g/mol. The van der Waals surface area contributed by atoms with E-state index in [0.29, 0.717) is 30.1 Å². The third kappa shape index (κ3) is 2.82. The number of fused-ring (bicyclic) bond motifs is 2. The molecule has 2 aromatic rings. The maximum Gasteiger partial charge on any atom is 0.325 e. The van der Waals surface area contributed by atoms with Crippen molar-refractivity contribution in [1.82, 2.24) is 10.2 Å². The molecule has 2 heterocycles. The molecule has 1 fully saturated rings. The number of hydrogen-bond acceptors (Lipinski definition) is 4. The number of para-hydroxylation sites is 1. The zero-order valence-electron chi connectivity index (χ0n) is 13.9. The van der Waals surface area contributed by atoms with Gasteiger partial charge in [0.15, 0.2) is 5.54 Å². The molecular formula is C19H17BrN2O4. The zero-order chi connectivity index (χ0) is 18.1. The van der Waals surface area contributed by atoms with Crippen molar-refractivity contribution in [3.63, 3.8) is 0 Å². The zero-order valence-corrected chi connectivity index (χ0v) is 15.5. The number of ether oxygens (including phenoxy) is 2. The quantitative estimate of drug-likeness (QED) is 0.777. The Kier molecular flexibility index (Phi) is 4.32. The first-order valence-corrected chi connectivity index (χ1v) is 9.14. The summed E-state index contributed by atoms with van der Waals surface area (Å²) < 4.78 is 12.2. The van der Waals surface area contributed by atoms with Crippen LogP contribution in [0.4, 0.5) is 4.79 Å². The normalized spacial score (nSPS) is 21.3. The molecule has 0 saturated carbocycles. The lowest BCUT2D eigenvalue weighted by molar-refractivity contribution is -0.132. The fourth-order valence-corrected chi connectivity index (χ4v) is 3.76. The minimum atomic E-state index is -1.04. The Labute approximate surface area is 159 Å². The van der Waals surface area contributed by atoms with E-state index in [1.165, 1.54) is 4.90 Å². The van der Waals surface area contributed by atoms with Gasteiger partial charge in [-0.25, -0.2) is 4.79 Å². The molecule has 6 nitrogen and oxygen atoms in total. The van der Waals surface area contributed by atoms with Crippen molar-refractivity contribution in [3.8, 4) is 11.5 Å². The first-order chi connectivity index (χ1) is 12.6. The molecule has 0 aliphatic carbocycles. The average Bonchev–Trinajstić information content (AvgIpc) is 2.87. The van der Waals surface area contributed by atoms with E-state index in [0.717, 1.165) is 4.47 Å². The topological polar surface area (TPSA) is 67.9 Å². The fourth-order valence-electron chi connectivity index (χ4n) is 3.39. The molecule has 1 N–H and O–H groups in total. The summed E-state index contributed by atoms with van der Waals surface area (Å²) in [6.45, 7) is 0.789. The molecule has 1 saturated heterocycles. The van der Waals surface area contributed by atoms with Crippen molar-refractivity contribution >= 4 is 27.9 Å². The molecule has 26 heavy (non-hydrogen) atoms. The minimum Gasteiger partial charge on any atom is -0.493 e. The summed E-state index contributed by atoms with van der Waals surface area (Å²) in [4.78, 5) is 26.8. The van der Waals surface area contributed by atoms with Crippen LogP contribution in [0.2, 0.25) is 0 Å². The van der Waals surface area contributed by atoms with Crippen LogP contribution >= 0.6 is 15.9 Å².